The lowest BCUT2D eigenvalue weighted by atomic mass is 9.71. The summed E-state index contributed by atoms with van der Waals surface area (Å²) in [5.74, 6) is -0.884. The second-order valence-corrected chi connectivity index (χ2v) is 12.6. The number of carbonyl (C=O) groups is 2. The summed E-state index contributed by atoms with van der Waals surface area (Å²) in [6, 6.07) is 10.7. The number of carbonyl (C=O) groups excluding carboxylic acids is 2. The first-order valence-corrected chi connectivity index (χ1v) is 14.4. The van der Waals surface area contributed by atoms with E-state index in [-0.39, 0.29) is 29.4 Å². The highest BCUT2D eigenvalue weighted by Crippen LogP contribution is 2.44. The topological polar surface area (TPSA) is 64.1 Å². The third kappa shape index (κ3) is 6.51. The van der Waals surface area contributed by atoms with Crippen molar-refractivity contribution >= 4 is 29.1 Å². The summed E-state index contributed by atoms with van der Waals surface area (Å²) in [6.07, 6.45) is -1.11. The third-order valence-corrected chi connectivity index (χ3v) is 9.06. The molecule has 2 aromatic carbocycles. The summed E-state index contributed by atoms with van der Waals surface area (Å²) in [5.41, 5.74) is -1.56. The van der Waals surface area contributed by atoms with E-state index in [1.165, 1.54) is 12.1 Å². The summed E-state index contributed by atoms with van der Waals surface area (Å²) >= 11 is 5.88. The second-order valence-electron chi connectivity index (χ2n) is 12.2. The SMILES string of the molecule is Cc1cc(N2CCC(CC3(C)CCN(C(=O)[C@@](O)(c4cccc(Cl)c4)C(F)(F)F)CC3)CC2)ccc1C(=O)N(C)C. The molecule has 0 aliphatic carbocycles. The highest BCUT2D eigenvalue weighted by Gasteiger charge is 2.62. The number of halogens is 4. The van der Waals surface area contributed by atoms with Gasteiger partial charge >= 0.3 is 6.18 Å². The largest absolute Gasteiger partial charge is 0.430 e. The standard InChI is InChI=1S/C31H39ClF3N3O3/c1-21-18-25(8-9-26(21)27(39)36(3)4)37-14-10-22(11-15-37)20-29(2)12-16-38(17-13-29)28(40)30(41,31(33,34)35)23-6-5-7-24(32)19-23/h5-9,18-19,22,41H,10-17,20H2,1-4H3/t30-/m0/s1. The minimum Gasteiger partial charge on any atom is -0.372 e. The normalized spacial score (nSPS) is 19.5. The molecule has 2 fully saturated rings. The molecule has 2 aromatic rings. The van der Waals surface area contributed by atoms with E-state index in [2.05, 4.69) is 17.9 Å². The van der Waals surface area contributed by atoms with Crippen molar-refractivity contribution in [3.63, 3.8) is 0 Å². The molecule has 0 radical (unpaired) electrons. The molecule has 2 saturated heterocycles. The molecule has 0 aromatic heterocycles. The molecular formula is C31H39ClF3N3O3. The van der Waals surface area contributed by atoms with Crippen molar-refractivity contribution in [1.82, 2.24) is 9.80 Å². The average molecular weight is 594 g/mol. The van der Waals surface area contributed by atoms with Gasteiger partial charge in [0.15, 0.2) is 0 Å². The predicted octanol–water partition coefficient (Wildman–Crippen LogP) is 6.04. The molecule has 6 nitrogen and oxygen atoms in total. The van der Waals surface area contributed by atoms with Crippen LogP contribution in [0.3, 0.4) is 0 Å². The molecule has 0 unspecified atom stereocenters. The van der Waals surface area contributed by atoms with Gasteiger partial charge in [0.2, 0.25) is 0 Å². The van der Waals surface area contributed by atoms with Gasteiger partial charge in [-0.15, -0.1) is 0 Å². The van der Waals surface area contributed by atoms with Gasteiger partial charge in [0.1, 0.15) is 0 Å². The van der Waals surface area contributed by atoms with Gasteiger partial charge in [0, 0.05) is 62.1 Å². The Kier molecular flexibility index (Phi) is 9.00. The lowest BCUT2D eigenvalue weighted by molar-refractivity contribution is -0.262. The zero-order valence-corrected chi connectivity index (χ0v) is 24.9. The Bertz CT molecular complexity index is 1270. The summed E-state index contributed by atoms with van der Waals surface area (Å²) in [4.78, 5) is 30.6. The van der Waals surface area contributed by atoms with E-state index in [1.807, 2.05) is 19.1 Å². The van der Waals surface area contributed by atoms with Gasteiger partial charge < -0.3 is 19.8 Å². The van der Waals surface area contributed by atoms with Gasteiger partial charge in [-0.1, -0.05) is 30.7 Å². The first-order valence-electron chi connectivity index (χ1n) is 14.1. The minimum atomic E-state index is -5.19. The van der Waals surface area contributed by atoms with Crippen molar-refractivity contribution in [2.75, 3.05) is 45.2 Å². The van der Waals surface area contributed by atoms with Crippen LogP contribution in [0.2, 0.25) is 5.02 Å². The van der Waals surface area contributed by atoms with Crippen LogP contribution in [0, 0.1) is 18.3 Å². The molecule has 1 N–H and O–H groups in total. The maximum Gasteiger partial charge on any atom is 0.430 e. The molecule has 10 heteroatoms. The number of alkyl halides is 3. The Morgan fingerprint density at radius 3 is 2.22 bits per heavy atom. The number of nitrogens with zero attached hydrogens (tertiary/aromatic N) is 3. The van der Waals surface area contributed by atoms with Crippen LogP contribution in [0.4, 0.5) is 18.9 Å². The van der Waals surface area contributed by atoms with Crippen LogP contribution < -0.4 is 4.90 Å². The number of anilines is 1. The fourth-order valence-corrected chi connectivity index (χ4v) is 6.41. The Balaban J connectivity index is 1.34. The van der Waals surface area contributed by atoms with Crippen LogP contribution in [-0.2, 0) is 10.4 Å². The molecule has 41 heavy (non-hydrogen) atoms. The van der Waals surface area contributed by atoms with Crippen LogP contribution in [0.5, 0.6) is 0 Å². The number of aliphatic hydroxyl groups is 1. The molecule has 4 rings (SSSR count). The number of hydrogen-bond donors (Lipinski definition) is 1. The van der Waals surface area contributed by atoms with Crippen LogP contribution >= 0.6 is 11.6 Å². The Labute approximate surface area is 245 Å². The van der Waals surface area contributed by atoms with Gasteiger partial charge in [0.25, 0.3) is 17.4 Å². The summed E-state index contributed by atoms with van der Waals surface area (Å²) in [5, 5.41) is 10.8. The predicted molar refractivity (Wildman–Crippen MR) is 154 cm³/mol. The van der Waals surface area contributed by atoms with E-state index < -0.39 is 23.2 Å². The monoisotopic (exact) mass is 593 g/mol. The minimum absolute atomic E-state index is 0.0127. The number of benzene rings is 2. The first kappa shape index (κ1) is 31.2. The molecule has 1 atom stereocenters. The Morgan fingerprint density at radius 2 is 1.68 bits per heavy atom. The molecular weight excluding hydrogens is 555 g/mol. The van der Waals surface area contributed by atoms with E-state index >= 15 is 0 Å². The number of likely N-dealkylation sites (tertiary alicyclic amines) is 1. The van der Waals surface area contributed by atoms with Crippen LogP contribution in [-0.4, -0.2) is 73.2 Å². The van der Waals surface area contributed by atoms with Crippen molar-refractivity contribution in [3.05, 3.63) is 64.2 Å². The van der Waals surface area contributed by atoms with E-state index in [0.717, 1.165) is 60.6 Å². The average Bonchev–Trinajstić information content (AvgIpc) is 2.92. The Hall–Kier alpha value is -2.78. The molecule has 0 saturated carbocycles. The summed E-state index contributed by atoms with van der Waals surface area (Å²) < 4.78 is 42.3. The number of aryl methyl sites for hydroxylation is 1. The van der Waals surface area contributed by atoms with Gasteiger partial charge in [-0.05, 0) is 86.3 Å². The van der Waals surface area contributed by atoms with E-state index in [0.29, 0.717) is 24.3 Å². The van der Waals surface area contributed by atoms with Crippen molar-refractivity contribution in [2.24, 2.45) is 11.3 Å². The zero-order valence-electron chi connectivity index (χ0n) is 24.1. The highest BCUT2D eigenvalue weighted by molar-refractivity contribution is 6.30. The van der Waals surface area contributed by atoms with Crippen LogP contribution in [0.15, 0.2) is 42.5 Å². The van der Waals surface area contributed by atoms with Crippen molar-refractivity contribution < 1.29 is 27.9 Å². The number of rotatable bonds is 6. The van der Waals surface area contributed by atoms with E-state index in [4.69, 9.17) is 11.6 Å². The lowest BCUT2D eigenvalue weighted by Crippen LogP contribution is -2.57. The smallest absolute Gasteiger partial charge is 0.372 e. The lowest BCUT2D eigenvalue weighted by Gasteiger charge is -2.45. The maximum absolute atomic E-state index is 14.1. The highest BCUT2D eigenvalue weighted by atomic mass is 35.5. The zero-order chi connectivity index (χ0) is 30.2. The molecule has 0 bridgehead atoms. The van der Waals surface area contributed by atoms with Crippen molar-refractivity contribution in [3.8, 4) is 0 Å². The van der Waals surface area contributed by atoms with Crippen LogP contribution in [0.25, 0.3) is 0 Å². The Morgan fingerprint density at radius 1 is 1.05 bits per heavy atom. The molecule has 2 aliphatic rings. The first-order chi connectivity index (χ1) is 19.1. The summed E-state index contributed by atoms with van der Waals surface area (Å²) in [6.45, 7) is 6.20. The van der Waals surface area contributed by atoms with Crippen molar-refractivity contribution in [1.29, 1.82) is 0 Å². The summed E-state index contributed by atoms with van der Waals surface area (Å²) in [7, 11) is 3.48. The number of piperidine rings is 2. The third-order valence-electron chi connectivity index (χ3n) is 8.83. The fourth-order valence-electron chi connectivity index (χ4n) is 6.22. The molecule has 2 amide bonds. The number of amides is 2. The molecule has 2 heterocycles. The van der Waals surface area contributed by atoms with Gasteiger partial charge in [-0.2, -0.15) is 13.2 Å². The second kappa shape index (κ2) is 11.8. The molecule has 2 aliphatic heterocycles. The fraction of sp³-hybridized carbons (Fsp3) is 0.548. The van der Waals surface area contributed by atoms with Crippen molar-refractivity contribution in [2.45, 2.75) is 57.7 Å². The van der Waals surface area contributed by atoms with Crippen LogP contribution in [0.1, 0.15) is 60.5 Å². The molecule has 224 valence electrons. The van der Waals surface area contributed by atoms with E-state index in [9.17, 15) is 27.9 Å². The maximum atomic E-state index is 14.1. The van der Waals surface area contributed by atoms with Gasteiger partial charge in [0.05, 0.1) is 0 Å². The number of hydrogen-bond acceptors (Lipinski definition) is 4. The van der Waals surface area contributed by atoms with Gasteiger partial charge in [-0.25, -0.2) is 0 Å². The molecule has 0 spiro atoms. The quantitative estimate of drug-likeness (QED) is 0.444. The van der Waals surface area contributed by atoms with E-state index in [1.54, 1.807) is 19.0 Å². The van der Waals surface area contributed by atoms with Gasteiger partial charge in [-0.3, -0.25) is 9.59 Å².